The van der Waals surface area contributed by atoms with Gasteiger partial charge in [0.15, 0.2) is 11.2 Å². The average molecular weight is 522 g/mol. The van der Waals surface area contributed by atoms with Crippen molar-refractivity contribution in [1.82, 2.24) is 29.6 Å². The summed E-state index contributed by atoms with van der Waals surface area (Å²) >= 11 is 0. The molecule has 0 saturated heterocycles. The normalized spacial score (nSPS) is 14.0. The van der Waals surface area contributed by atoms with Crippen molar-refractivity contribution >= 4 is 46.1 Å². The summed E-state index contributed by atoms with van der Waals surface area (Å²) < 4.78 is 7.25. The van der Waals surface area contributed by atoms with Crippen molar-refractivity contribution in [2.45, 2.75) is 26.4 Å². The second-order valence-electron chi connectivity index (χ2n) is 9.41. The Morgan fingerprint density at radius 2 is 2.03 bits per heavy atom. The molecule has 39 heavy (non-hydrogen) atoms. The maximum atomic E-state index is 12.9. The van der Waals surface area contributed by atoms with Crippen LogP contribution in [0.25, 0.3) is 33.4 Å². The predicted molar refractivity (Wildman–Crippen MR) is 150 cm³/mol. The Bertz CT molecular complexity index is 1800. The fourth-order valence-corrected chi connectivity index (χ4v) is 5.06. The number of oxazole rings is 1. The van der Waals surface area contributed by atoms with Crippen LogP contribution in [-0.2, 0) is 24.3 Å². The highest BCUT2D eigenvalue weighted by Gasteiger charge is 2.23. The minimum atomic E-state index is -0.00265. The SMILES string of the molecule is C/C=C(\C=NC)C(=O)N1CCc2cc(Cn3nc(-c4ccc5oc(N)nc5c4)c4c(N)ncnc43)ccc2C1. The lowest BCUT2D eigenvalue weighted by Gasteiger charge is -2.29. The van der Waals surface area contributed by atoms with Gasteiger partial charge in [-0.05, 0) is 48.2 Å². The number of anilines is 2. The van der Waals surface area contributed by atoms with Crippen molar-refractivity contribution in [3.8, 4) is 11.3 Å². The molecule has 1 aliphatic rings. The lowest BCUT2D eigenvalue weighted by atomic mass is 9.96. The summed E-state index contributed by atoms with van der Waals surface area (Å²) in [5, 5.41) is 5.57. The molecule has 0 radical (unpaired) electrons. The zero-order valence-corrected chi connectivity index (χ0v) is 21.6. The maximum absolute atomic E-state index is 12.9. The molecule has 196 valence electrons. The molecule has 0 fully saturated rings. The molecule has 0 saturated carbocycles. The molecule has 4 N–H and O–H groups in total. The molecule has 4 heterocycles. The van der Waals surface area contributed by atoms with Gasteiger partial charge in [0.2, 0.25) is 0 Å². The fraction of sp³-hybridized carbons (Fsp3) is 0.214. The van der Waals surface area contributed by atoms with E-state index < -0.39 is 0 Å². The molecule has 0 aliphatic carbocycles. The first kappa shape index (κ1) is 24.3. The van der Waals surface area contributed by atoms with E-state index >= 15 is 0 Å². The van der Waals surface area contributed by atoms with Crippen molar-refractivity contribution in [1.29, 1.82) is 0 Å². The van der Waals surface area contributed by atoms with E-state index in [1.165, 1.54) is 11.9 Å². The van der Waals surface area contributed by atoms with Crippen LogP contribution < -0.4 is 11.5 Å². The Kier molecular flexibility index (Phi) is 6.02. The number of nitrogen functional groups attached to an aromatic ring is 2. The van der Waals surface area contributed by atoms with Gasteiger partial charge in [-0.3, -0.25) is 9.79 Å². The van der Waals surface area contributed by atoms with E-state index in [4.69, 9.17) is 21.0 Å². The summed E-state index contributed by atoms with van der Waals surface area (Å²) in [5.41, 5.74) is 19.4. The van der Waals surface area contributed by atoms with Crippen molar-refractivity contribution < 1.29 is 9.21 Å². The Balaban J connectivity index is 1.31. The number of nitrogens with zero attached hydrogens (tertiary/aromatic N) is 7. The van der Waals surface area contributed by atoms with E-state index in [0.717, 1.165) is 23.1 Å². The molecule has 0 spiro atoms. The highest BCUT2D eigenvalue weighted by atomic mass is 16.4. The smallest absolute Gasteiger partial charge is 0.292 e. The van der Waals surface area contributed by atoms with Gasteiger partial charge in [-0.2, -0.15) is 10.1 Å². The monoisotopic (exact) mass is 521 g/mol. The zero-order chi connectivity index (χ0) is 27.1. The molecule has 2 aromatic carbocycles. The summed E-state index contributed by atoms with van der Waals surface area (Å²) in [4.78, 5) is 31.7. The second-order valence-corrected chi connectivity index (χ2v) is 9.41. The van der Waals surface area contributed by atoms with Crippen LogP contribution in [-0.4, -0.2) is 55.3 Å². The van der Waals surface area contributed by atoms with Crippen LogP contribution in [0.1, 0.15) is 23.6 Å². The standard InChI is InChI=1S/C28H27N9O2/c1-3-17(12-31-2)27(38)36-9-8-18-10-16(4-5-20(18)14-36)13-37-26-23(25(29)32-15-33-26)24(35-37)19-6-7-22-21(11-19)34-28(30)39-22/h3-7,10-12,15H,8-9,13-14H2,1-2H3,(H2,30,34)(H2,29,32,33)/b17-3+,31-12?. The Hall–Kier alpha value is -5.06. The highest BCUT2D eigenvalue weighted by molar-refractivity contribution is 6.12. The number of carbonyl (C=O) groups is 1. The topological polar surface area (TPSA) is 154 Å². The molecular weight excluding hydrogens is 494 g/mol. The number of rotatable bonds is 5. The molecule has 11 heteroatoms. The first-order valence-corrected chi connectivity index (χ1v) is 12.6. The predicted octanol–water partition coefficient (Wildman–Crippen LogP) is 3.38. The van der Waals surface area contributed by atoms with Gasteiger partial charge in [-0.1, -0.05) is 24.3 Å². The highest BCUT2D eigenvalue weighted by Crippen LogP contribution is 2.33. The van der Waals surface area contributed by atoms with Crippen molar-refractivity contribution in [2.75, 3.05) is 25.1 Å². The molecule has 1 aliphatic heterocycles. The van der Waals surface area contributed by atoms with Crippen molar-refractivity contribution in [2.24, 2.45) is 4.99 Å². The lowest BCUT2D eigenvalue weighted by Crippen LogP contribution is -2.37. The Morgan fingerprint density at radius 3 is 2.85 bits per heavy atom. The quantitative estimate of drug-likeness (QED) is 0.263. The van der Waals surface area contributed by atoms with Gasteiger partial charge in [-0.25, -0.2) is 14.6 Å². The third kappa shape index (κ3) is 4.37. The number of aromatic nitrogens is 5. The van der Waals surface area contributed by atoms with Crippen LogP contribution in [0.15, 0.2) is 63.8 Å². The van der Waals surface area contributed by atoms with E-state index in [1.807, 2.05) is 34.7 Å². The summed E-state index contributed by atoms with van der Waals surface area (Å²) in [7, 11) is 1.67. The summed E-state index contributed by atoms with van der Waals surface area (Å²) in [6, 6.07) is 12.0. The van der Waals surface area contributed by atoms with Gasteiger partial charge < -0.3 is 20.8 Å². The number of hydrogen-bond acceptors (Lipinski definition) is 9. The molecule has 0 unspecified atom stereocenters. The van der Waals surface area contributed by atoms with E-state index in [-0.39, 0.29) is 11.9 Å². The summed E-state index contributed by atoms with van der Waals surface area (Å²) in [5.74, 6) is 0.349. The molecule has 6 rings (SSSR count). The third-order valence-corrected chi connectivity index (χ3v) is 6.96. The van der Waals surface area contributed by atoms with E-state index in [2.05, 4.69) is 38.1 Å². The fourth-order valence-electron chi connectivity index (χ4n) is 5.06. The van der Waals surface area contributed by atoms with Gasteiger partial charge in [0.05, 0.1) is 17.5 Å². The van der Waals surface area contributed by atoms with Crippen LogP contribution in [0, 0.1) is 0 Å². The van der Waals surface area contributed by atoms with Crippen LogP contribution in [0.2, 0.25) is 0 Å². The number of allylic oxidation sites excluding steroid dienone is 1. The van der Waals surface area contributed by atoms with E-state index in [0.29, 0.717) is 58.9 Å². The van der Waals surface area contributed by atoms with Crippen LogP contribution in [0.5, 0.6) is 0 Å². The van der Waals surface area contributed by atoms with Gasteiger partial charge in [0.1, 0.15) is 23.4 Å². The maximum Gasteiger partial charge on any atom is 0.292 e. The lowest BCUT2D eigenvalue weighted by molar-refractivity contribution is -0.127. The van der Waals surface area contributed by atoms with Gasteiger partial charge in [0, 0.05) is 31.9 Å². The van der Waals surface area contributed by atoms with Gasteiger partial charge in [-0.15, -0.1) is 0 Å². The number of nitrogens with two attached hydrogens (primary N) is 2. The largest absolute Gasteiger partial charge is 0.424 e. The molecule has 5 aromatic rings. The first-order chi connectivity index (χ1) is 18.9. The molecule has 11 nitrogen and oxygen atoms in total. The molecule has 0 bridgehead atoms. The third-order valence-electron chi connectivity index (χ3n) is 6.96. The zero-order valence-electron chi connectivity index (χ0n) is 21.6. The minimum Gasteiger partial charge on any atom is -0.424 e. The van der Waals surface area contributed by atoms with Crippen LogP contribution in [0.4, 0.5) is 11.8 Å². The molecule has 0 atom stereocenters. The number of carbonyl (C=O) groups excluding carboxylic acids is 1. The molecule has 1 amide bonds. The molecular formula is C28H27N9O2. The Morgan fingerprint density at radius 1 is 1.15 bits per heavy atom. The number of amides is 1. The molecule has 3 aromatic heterocycles. The second kappa shape index (κ2) is 9.67. The van der Waals surface area contributed by atoms with Gasteiger partial charge >= 0.3 is 0 Å². The number of aliphatic imine (C=N–C) groups is 1. The number of benzene rings is 2. The van der Waals surface area contributed by atoms with Crippen molar-refractivity contribution in [3.63, 3.8) is 0 Å². The van der Waals surface area contributed by atoms with Crippen molar-refractivity contribution in [3.05, 3.63) is 71.1 Å². The minimum absolute atomic E-state index is 0.00265. The summed E-state index contributed by atoms with van der Waals surface area (Å²) in [6.45, 7) is 3.57. The Labute approximate surface area is 223 Å². The number of fused-ring (bicyclic) bond motifs is 3. The van der Waals surface area contributed by atoms with Gasteiger partial charge in [0.25, 0.3) is 11.9 Å². The van der Waals surface area contributed by atoms with E-state index in [9.17, 15) is 4.79 Å². The first-order valence-electron chi connectivity index (χ1n) is 12.6. The van der Waals surface area contributed by atoms with Crippen LogP contribution >= 0.6 is 0 Å². The number of hydrogen-bond donors (Lipinski definition) is 2. The average Bonchev–Trinajstić information content (AvgIpc) is 3.50. The summed E-state index contributed by atoms with van der Waals surface area (Å²) in [6.07, 6.45) is 5.63. The van der Waals surface area contributed by atoms with E-state index in [1.54, 1.807) is 19.3 Å². The van der Waals surface area contributed by atoms with Crippen LogP contribution in [0.3, 0.4) is 0 Å².